The van der Waals surface area contributed by atoms with Crippen molar-refractivity contribution in [2.45, 2.75) is 6.92 Å². The molecule has 0 saturated carbocycles. The monoisotopic (exact) mass is 282 g/mol. The van der Waals surface area contributed by atoms with Crippen molar-refractivity contribution in [2.75, 3.05) is 4.90 Å². The maximum Gasteiger partial charge on any atom is 0.354 e. The van der Waals surface area contributed by atoms with E-state index in [4.69, 9.17) is 5.11 Å². The Hall–Kier alpha value is -3.02. The SMILES string of the molecule is Cc1ccc2c(c1)C(=O)N(c1ccnc(C(=O)O)c1)C2=O. The average Bonchev–Trinajstić information content (AvgIpc) is 2.70. The topological polar surface area (TPSA) is 87.6 Å². The maximum atomic E-state index is 12.4. The summed E-state index contributed by atoms with van der Waals surface area (Å²) < 4.78 is 0. The predicted molar refractivity (Wildman–Crippen MR) is 73.5 cm³/mol. The van der Waals surface area contributed by atoms with Crippen molar-refractivity contribution >= 4 is 23.5 Å². The summed E-state index contributed by atoms with van der Waals surface area (Å²) in [6.07, 6.45) is 1.26. The number of imide groups is 1. The first-order chi connectivity index (χ1) is 9.99. The summed E-state index contributed by atoms with van der Waals surface area (Å²) in [5, 5.41) is 8.94. The lowest BCUT2D eigenvalue weighted by atomic mass is 10.1. The second-order valence-electron chi connectivity index (χ2n) is 4.70. The molecular weight excluding hydrogens is 272 g/mol. The molecule has 0 fully saturated rings. The molecular formula is C15H10N2O4. The lowest BCUT2D eigenvalue weighted by Crippen LogP contribution is -2.29. The van der Waals surface area contributed by atoms with Gasteiger partial charge in [-0.25, -0.2) is 14.7 Å². The third-order valence-corrected chi connectivity index (χ3v) is 3.26. The minimum atomic E-state index is -1.22. The Morgan fingerprint density at radius 3 is 2.52 bits per heavy atom. The molecule has 104 valence electrons. The zero-order valence-corrected chi connectivity index (χ0v) is 11.0. The quantitative estimate of drug-likeness (QED) is 0.850. The molecule has 0 bridgehead atoms. The molecule has 0 radical (unpaired) electrons. The highest BCUT2D eigenvalue weighted by Crippen LogP contribution is 2.29. The summed E-state index contributed by atoms with van der Waals surface area (Å²) in [7, 11) is 0. The molecule has 2 amide bonds. The van der Waals surface area contributed by atoms with Crippen LogP contribution in [0.2, 0.25) is 0 Å². The molecule has 21 heavy (non-hydrogen) atoms. The van der Waals surface area contributed by atoms with Gasteiger partial charge in [0.1, 0.15) is 5.69 Å². The smallest absolute Gasteiger partial charge is 0.354 e. The predicted octanol–water partition coefficient (Wildman–Crippen LogP) is 1.89. The van der Waals surface area contributed by atoms with Crippen molar-refractivity contribution in [1.29, 1.82) is 0 Å². The minimum absolute atomic E-state index is 0.200. The van der Waals surface area contributed by atoms with Crippen LogP contribution in [0.3, 0.4) is 0 Å². The van der Waals surface area contributed by atoms with E-state index in [0.29, 0.717) is 11.1 Å². The lowest BCUT2D eigenvalue weighted by molar-refractivity contribution is 0.0689. The van der Waals surface area contributed by atoms with Gasteiger partial charge in [-0.2, -0.15) is 0 Å². The van der Waals surface area contributed by atoms with Crippen molar-refractivity contribution in [3.63, 3.8) is 0 Å². The van der Waals surface area contributed by atoms with Gasteiger partial charge >= 0.3 is 5.97 Å². The Kier molecular flexibility index (Phi) is 2.79. The summed E-state index contributed by atoms with van der Waals surface area (Å²) in [4.78, 5) is 40.3. The molecule has 1 aliphatic heterocycles. The molecule has 6 heteroatoms. The fraction of sp³-hybridized carbons (Fsp3) is 0.0667. The summed E-state index contributed by atoms with van der Waals surface area (Å²) in [6.45, 7) is 1.83. The molecule has 1 N–H and O–H groups in total. The number of hydrogen-bond donors (Lipinski definition) is 1. The molecule has 3 rings (SSSR count). The number of carbonyl (C=O) groups excluding carboxylic acids is 2. The van der Waals surface area contributed by atoms with Crippen LogP contribution in [0.15, 0.2) is 36.5 Å². The van der Waals surface area contributed by atoms with E-state index >= 15 is 0 Å². The number of fused-ring (bicyclic) bond motifs is 1. The second-order valence-corrected chi connectivity index (χ2v) is 4.70. The van der Waals surface area contributed by atoms with Crippen molar-refractivity contribution in [3.8, 4) is 0 Å². The molecule has 1 aliphatic rings. The first-order valence-corrected chi connectivity index (χ1v) is 6.18. The van der Waals surface area contributed by atoms with Crippen molar-refractivity contribution in [2.24, 2.45) is 0 Å². The van der Waals surface area contributed by atoms with Gasteiger partial charge in [0.05, 0.1) is 16.8 Å². The van der Waals surface area contributed by atoms with Crippen molar-refractivity contribution in [1.82, 2.24) is 4.98 Å². The number of aryl methyl sites for hydroxylation is 1. The first kappa shape index (κ1) is 13.0. The Bertz CT molecular complexity index is 798. The fourth-order valence-electron chi connectivity index (χ4n) is 2.26. The zero-order valence-electron chi connectivity index (χ0n) is 11.0. The molecule has 2 aromatic rings. The standard InChI is InChI=1S/C15H10N2O4/c1-8-2-3-10-11(6-8)14(19)17(13(10)18)9-4-5-16-12(7-9)15(20)21/h2-7H,1H3,(H,20,21). The molecule has 1 aromatic heterocycles. The van der Waals surface area contributed by atoms with Crippen LogP contribution in [0.1, 0.15) is 36.8 Å². The zero-order chi connectivity index (χ0) is 15.1. The molecule has 0 aliphatic carbocycles. The van der Waals surface area contributed by atoms with E-state index in [-0.39, 0.29) is 11.4 Å². The first-order valence-electron chi connectivity index (χ1n) is 6.18. The molecule has 2 heterocycles. The number of rotatable bonds is 2. The van der Waals surface area contributed by atoms with Gasteiger partial charge in [0.15, 0.2) is 0 Å². The van der Waals surface area contributed by atoms with E-state index in [9.17, 15) is 14.4 Å². The number of benzene rings is 1. The number of carboxylic acid groups (broad SMARTS) is 1. The number of carboxylic acids is 1. The number of hydrogen-bond acceptors (Lipinski definition) is 4. The summed E-state index contributed by atoms with van der Waals surface area (Å²) >= 11 is 0. The van der Waals surface area contributed by atoms with Crippen LogP contribution in [0.4, 0.5) is 5.69 Å². The van der Waals surface area contributed by atoms with Crippen molar-refractivity contribution < 1.29 is 19.5 Å². The van der Waals surface area contributed by atoms with Crippen LogP contribution >= 0.6 is 0 Å². The molecule has 1 aromatic carbocycles. The highest BCUT2D eigenvalue weighted by molar-refractivity contribution is 6.34. The van der Waals surface area contributed by atoms with Gasteiger partial charge in [0.25, 0.3) is 11.8 Å². The third kappa shape index (κ3) is 1.97. The van der Waals surface area contributed by atoms with E-state index < -0.39 is 17.8 Å². The van der Waals surface area contributed by atoms with Crippen LogP contribution in [-0.2, 0) is 0 Å². The number of carbonyl (C=O) groups is 3. The Morgan fingerprint density at radius 1 is 1.10 bits per heavy atom. The number of aromatic carboxylic acids is 1. The molecule has 6 nitrogen and oxygen atoms in total. The van der Waals surface area contributed by atoms with Crippen LogP contribution in [0, 0.1) is 6.92 Å². The Balaban J connectivity index is 2.10. The van der Waals surface area contributed by atoms with Crippen LogP contribution in [0.25, 0.3) is 0 Å². The van der Waals surface area contributed by atoms with Gasteiger partial charge in [0.2, 0.25) is 0 Å². The van der Waals surface area contributed by atoms with Crippen molar-refractivity contribution in [3.05, 3.63) is 58.9 Å². The highest BCUT2D eigenvalue weighted by atomic mass is 16.4. The van der Waals surface area contributed by atoms with Gasteiger partial charge in [-0.15, -0.1) is 0 Å². The summed E-state index contributed by atoms with van der Waals surface area (Å²) in [5.74, 6) is -2.14. The Morgan fingerprint density at radius 2 is 1.81 bits per heavy atom. The average molecular weight is 282 g/mol. The number of aromatic nitrogens is 1. The maximum absolute atomic E-state index is 12.4. The summed E-state index contributed by atoms with van der Waals surface area (Å²) in [5.41, 5.74) is 1.50. The van der Waals surface area contributed by atoms with Gasteiger partial charge in [-0.05, 0) is 31.2 Å². The van der Waals surface area contributed by atoms with E-state index in [1.807, 2.05) is 6.92 Å². The van der Waals surface area contributed by atoms with E-state index in [0.717, 1.165) is 10.5 Å². The normalized spacial score (nSPS) is 13.5. The van der Waals surface area contributed by atoms with E-state index in [1.54, 1.807) is 18.2 Å². The van der Waals surface area contributed by atoms with Gasteiger partial charge in [0, 0.05) is 6.20 Å². The van der Waals surface area contributed by atoms with E-state index in [1.165, 1.54) is 18.3 Å². The van der Waals surface area contributed by atoms with Gasteiger partial charge in [-0.3, -0.25) is 9.59 Å². The molecule has 0 atom stereocenters. The minimum Gasteiger partial charge on any atom is -0.477 e. The largest absolute Gasteiger partial charge is 0.477 e. The van der Waals surface area contributed by atoms with E-state index in [2.05, 4.69) is 4.98 Å². The highest BCUT2D eigenvalue weighted by Gasteiger charge is 2.36. The Labute approximate surface area is 119 Å². The van der Waals surface area contributed by atoms with Crippen LogP contribution < -0.4 is 4.90 Å². The number of nitrogens with zero attached hydrogens (tertiary/aromatic N) is 2. The second kappa shape index (κ2) is 4.52. The van der Waals surface area contributed by atoms with Gasteiger partial charge < -0.3 is 5.11 Å². The lowest BCUT2D eigenvalue weighted by Gasteiger charge is -2.13. The number of pyridine rings is 1. The molecule has 0 spiro atoms. The van der Waals surface area contributed by atoms with Crippen LogP contribution in [0.5, 0.6) is 0 Å². The van der Waals surface area contributed by atoms with Gasteiger partial charge in [-0.1, -0.05) is 11.6 Å². The number of amides is 2. The molecule has 0 saturated heterocycles. The fourth-order valence-corrected chi connectivity index (χ4v) is 2.26. The summed E-state index contributed by atoms with van der Waals surface area (Å²) in [6, 6.07) is 7.64. The number of anilines is 1. The molecule has 0 unspecified atom stereocenters. The van der Waals surface area contributed by atoms with Crippen LogP contribution in [-0.4, -0.2) is 27.9 Å². The third-order valence-electron chi connectivity index (χ3n) is 3.26.